The molecule has 1 aliphatic heterocycles. The summed E-state index contributed by atoms with van der Waals surface area (Å²) in [5, 5.41) is 9.26. The number of carbonyl (C=O) groups is 1. The number of hydrogen-bond acceptors (Lipinski definition) is 3. The maximum Gasteiger partial charge on any atom is 0.255 e. The van der Waals surface area contributed by atoms with E-state index < -0.39 is 0 Å². The summed E-state index contributed by atoms with van der Waals surface area (Å²) in [6, 6.07) is 3.59. The van der Waals surface area contributed by atoms with Gasteiger partial charge in [-0.25, -0.2) is 4.98 Å². The van der Waals surface area contributed by atoms with Gasteiger partial charge in [-0.1, -0.05) is 11.6 Å². The number of pyridine rings is 1. The Hall–Kier alpha value is -1.13. The van der Waals surface area contributed by atoms with E-state index in [9.17, 15) is 4.79 Å². The first-order valence-corrected chi connectivity index (χ1v) is 6.63. The van der Waals surface area contributed by atoms with Gasteiger partial charge in [0.1, 0.15) is 5.15 Å². The molecule has 1 aromatic rings. The molecule has 1 N–H and O–H groups in total. The van der Waals surface area contributed by atoms with E-state index in [2.05, 4.69) is 4.98 Å². The van der Waals surface area contributed by atoms with Crippen molar-refractivity contribution >= 4 is 17.5 Å². The van der Waals surface area contributed by atoms with Crippen LogP contribution in [0.4, 0.5) is 0 Å². The average molecular weight is 269 g/mol. The van der Waals surface area contributed by atoms with Crippen LogP contribution in [-0.2, 0) is 0 Å². The summed E-state index contributed by atoms with van der Waals surface area (Å²) in [4.78, 5) is 18.1. The van der Waals surface area contributed by atoms with E-state index in [1.165, 1.54) is 6.20 Å². The molecule has 1 aromatic heterocycles. The molecule has 0 radical (unpaired) electrons. The van der Waals surface area contributed by atoms with Crippen LogP contribution in [0.2, 0.25) is 5.15 Å². The molecule has 18 heavy (non-hydrogen) atoms. The van der Waals surface area contributed by atoms with Gasteiger partial charge in [-0.15, -0.1) is 0 Å². The van der Waals surface area contributed by atoms with Crippen molar-refractivity contribution in [1.82, 2.24) is 9.88 Å². The molecular formula is C13H17ClN2O2. The van der Waals surface area contributed by atoms with Gasteiger partial charge in [0.25, 0.3) is 5.91 Å². The Bertz CT molecular complexity index is 408. The fourth-order valence-electron chi connectivity index (χ4n) is 2.40. The highest BCUT2D eigenvalue weighted by atomic mass is 35.5. The monoisotopic (exact) mass is 268 g/mol. The summed E-state index contributed by atoms with van der Waals surface area (Å²) in [6.07, 6.45) is 5.18. The van der Waals surface area contributed by atoms with Crippen molar-refractivity contribution in [1.29, 1.82) is 0 Å². The van der Waals surface area contributed by atoms with Crippen LogP contribution in [-0.4, -0.2) is 40.1 Å². The van der Waals surface area contributed by atoms with Crippen LogP contribution in [0.5, 0.6) is 0 Å². The lowest BCUT2D eigenvalue weighted by atomic mass is 10.1. The van der Waals surface area contributed by atoms with Gasteiger partial charge in [0.15, 0.2) is 0 Å². The number of likely N-dealkylation sites (tertiary alicyclic amines) is 1. The highest BCUT2D eigenvalue weighted by Gasteiger charge is 2.28. The first-order chi connectivity index (χ1) is 8.72. The van der Waals surface area contributed by atoms with Gasteiger partial charge >= 0.3 is 0 Å². The quantitative estimate of drug-likeness (QED) is 0.851. The molecule has 1 atom stereocenters. The molecule has 0 aliphatic carbocycles. The summed E-state index contributed by atoms with van der Waals surface area (Å²) < 4.78 is 0. The zero-order chi connectivity index (χ0) is 13.0. The zero-order valence-electron chi connectivity index (χ0n) is 10.2. The largest absolute Gasteiger partial charge is 0.396 e. The summed E-state index contributed by atoms with van der Waals surface area (Å²) in [7, 11) is 0. The molecule has 2 rings (SSSR count). The van der Waals surface area contributed by atoms with Gasteiger partial charge in [0.2, 0.25) is 0 Å². The van der Waals surface area contributed by atoms with Crippen LogP contribution in [0.1, 0.15) is 36.0 Å². The molecule has 98 valence electrons. The van der Waals surface area contributed by atoms with E-state index in [4.69, 9.17) is 16.7 Å². The summed E-state index contributed by atoms with van der Waals surface area (Å²) in [5.41, 5.74) is 0.579. The van der Waals surface area contributed by atoms with Gasteiger partial charge in [0.05, 0.1) is 5.56 Å². The summed E-state index contributed by atoms with van der Waals surface area (Å²) in [5.74, 6) is 0.0135. The van der Waals surface area contributed by atoms with Crippen molar-refractivity contribution in [3.05, 3.63) is 29.0 Å². The molecular weight excluding hydrogens is 252 g/mol. The third-order valence-electron chi connectivity index (χ3n) is 3.31. The predicted molar refractivity (Wildman–Crippen MR) is 69.6 cm³/mol. The highest BCUT2D eigenvalue weighted by Crippen LogP contribution is 2.23. The molecule has 0 bridgehead atoms. The Labute approximate surface area is 112 Å². The second-order valence-electron chi connectivity index (χ2n) is 4.53. The summed E-state index contributed by atoms with van der Waals surface area (Å²) >= 11 is 5.71. The van der Waals surface area contributed by atoms with E-state index in [1.54, 1.807) is 12.1 Å². The Morgan fingerprint density at radius 1 is 1.56 bits per heavy atom. The maximum atomic E-state index is 12.3. The number of hydrogen-bond donors (Lipinski definition) is 1. The lowest BCUT2D eigenvalue weighted by molar-refractivity contribution is 0.0724. The normalized spacial score (nSPS) is 19.2. The van der Waals surface area contributed by atoms with Crippen LogP contribution < -0.4 is 0 Å². The van der Waals surface area contributed by atoms with E-state index in [1.807, 2.05) is 4.90 Å². The number of amides is 1. The minimum atomic E-state index is 0.0135. The van der Waals surface area contributed by atoms with Crippen molar-refractivity contribution in [2.75, 3.05) is 13.2 Å². The van der Waals surface area contributed by atoms with Crippen molar-refractivity contribution in [3.8, 4) is 0 Å². The number of aliphatic hydroxyl groups is 1. The Balaban J connectivity index is 2.05. The minimum Gasteiger partial charge on any atom is -0.396 e. The second kappa shape index (κ2) is 6.16. The molecule has 1 fully saturated rings. The molecule has 0 aromatic carbocycles. The molecule has 1 unspecified atom stereocenters. The predicted octanol–water partition coefficient (Wildman–Crippen LogP) is 2.11. The van der Waals surface area contributed by atoms with Gasteiger partial charge < -0.3 is 10.0 Å². The molecule has 1 saturated heterocycles. The molecule has 0 spiro atoms. The lowest BCUT2D eigenvalue weighted by Gasteiger charge is -2.24. The zero-order valence-corrected chi connectivity index (χ0v) is 10.9. The fraction of sp³-hybridized carbons (Fsp3) is 0.538. The topological polar surface area (TPSA) is 53.4 Å². The summed E-state index contributed by atoms with van der Waals surface area (Å²) in [6.45, 7) is 0.971. The fourth-order valence-corrected chi connectivity index (χ4v) is 2.51. The third kappa shape index (κ3) is 3.00. The minimum absolute atomic E-state index is 0.0135. The van der Waals surface area contributed by atoms with E-state index >= 15 is 0 Å². The molecule has 5 heteroatoms. The highest BCUT2D eigenvalue weighted by molar-refractivity contribution is 6.29. The molecule has 0 saturated carbocycles. The SMILES string of the molecule is O=C(c1ccc(Cl)nc1)N1CCCC1CCCO. The first-order valence-electron chi connectivity index (χ1n) is 6.26. The average Bonchev–Trinajstić information content (AvgIpc) is 2.84. The number of carbonyl (C=O) groups excluding carboxylic acids is 1. The maximum absolute atomic E-state index is 12.3. The molecule has 1 aliphatic rings. The van der Waals surface area contributed by atoms with Gasteiger partial charge in [-0.2, -0.15) is 0 Å². The van der Waals surface area contributed by atoms with Crippen molar-refractivity contribution in [3.63, 3.8) is 0 Å². The van der Waals surface area contributed by atoms with Gasteiger partial charge in [-0.3, -0.25) is 4.79 Å². The smallest absolute Gasteiger partial charge is 0.255 e. The molecule has 1 amide bonds. The van der Waals surface area contributed by atoms with Crippen LogP contribution in [0.15, 0.2) is 18.3 Å². The van der Waals surface area contributed by atoms with Gasteiger partial charge in [-0.05, 0) is 37.8 Å². The van der Waals surface area contributed by atoms with Crippen molar-refractivity contribution in [2.24, 2.45) is 0 Å². The molecule has 2 heterocycles. The van der Waals surface area contributed by atoms with Crippen LogP contribution in [0, 0.1) is 0 Å². The van der Waals surface area contributed by atoms with E-state index in [-0.39, 0.29) is 18.6 Å². The lowest BCUT2D eigenvalue weighted by Crippen LogP contribution is -2.35. The van der Waals surface area contributed by atoms with Crippen molar-refractivity contribution < 1.29 is 9.90 Å². The third-order valence-corrected chi connectivity index (χ3v) is 3.53. The number of halogens is 1. The number of aromatic nitrogens is 1. The van der Waals surface area contributed by atoms with Crippen LogP contribution in [0.3, 0.4) is 0 Å². The molecule has 4 nitrogen and oxygen atoms in total. The van der Waals surface area contributed by atoms with Crippen molar-refractivity contribution in [2.45, 2.75) is 31.7 Å². The second-order valence-corrected chi connectivity index (χ2v) is 4.92. The van der Waals surface area contributed by atoms with E-state index in [0.29, 0.717) is 10.7 Å². The number of rotatable bonds is 4. The number of aliphatic hydroxyl groups excluding tert-OH is 1. The van der Waals surface area contributed by atoms with Crippen LogP contribution in [0.25, 0.3) is 0 Å². The standard InChI is InChI=1S/C13H17ClN2O2/c14-12-6-5-10(9-15-12)13(18)16-7-1-3-11(16)4-2-8-17/h5-6,9,11,17H,1-4,7-8H2. The van der Waals surface area contributed by atoms with Crippen LogP contribution >= 0.6 is 11.6 Å². The number of nitrogens with zero attached hydrogens (tertiary/aromatic N) is 2. The Morgan fingerprint density at radius 2 is 2.39 bits per heavy atom. The first kappa shape index (κ1) is 13.3. The van der Waals surface area contributed by atoms with E-state index in [0.717, 1.165) is 32.2 Å². The van der Waals surface area contributed by atoms with Gasteiger partial charge in [0, 0.05) is 25.4 Å². The Kier molecular flexibility index (Phi) is 4.55. The Morgan fingerprint density at radius 3 is 3.06 bits per heavy atom.